The predicted octanol–water partition coefficient (Wildman–Crippen LogP) is 5.10. The van der Waals surface area contributed by atoms with Gasteiger partial charge in [-0.3, -0.25) is 4.57 Å². The number of hydrogen-bond acceptors (Lipinski definition) is 2. The Morgan fingerprint density at radius 1 is 0.720 bits per heavy atom. The molecule has 4 rings (SSSR count). The second-order valence-corrected chi connectivity index (χ2v) is 6.07. The van der Waals surface area contributed by atoms with E-state index in [1.54, 1.807) is 0 Å². The van der Waals surface area contributed by atoms with Crippen LogP contribution in [0.15, 0.2) is 84.9 Å². The maximum Gasteiger partial charge on any atom is 0.205 e. The Morgan fingerprint density at radius 3 is 1.96 bits per heavy atom. The number of nitrogens with zero attached hydrogens (tertiary/aromatic N) is 2. The van der Waals surface area contributed by atoms with Crippen molar-refractivity contribution in [3.63, 3.8) is 0 Å². The summed E-state index contributed by atoms with van der Waals surface area (Å²) in [7, 11) is 0. The van der Waals surface area contributed by atoms with Crippen molar-refractivity contribution in [1.29, 1.82) is 0 Å². The second-order valence-electron chi connectivity index (χ2n) is 6.07. The average molecular weight is 325 g/mol. The van der Waals surface area contributed by atoms with Crippen molar-refractivity contribution in [1.82, 2.24) is 9.55 Å². The summed E-state index contributed by atoms with van der Waals surface area (Å²) in [4.78, 5) is 4.70. The first-order valence-corrected chi connectivity index (χ1v) is 8.30. The zero-order chi connectivity index (χ0) is 17.2. The van der Waals surface area contributed by atoms with Crippen molar-refractivity contribution >= 4 is 5.95 Å². The first kappa shape index (κ1) is 15.2. The van der Waals surface area contributed by atoms with Crippen LogP contribution in [0.1, 0.15) is 5.56 Å². The quantitative estimate of drug-likeness (QED) is 0.569. The Morgan fingerprint density at radius 2 is 1.32 bits per heavy atom. The van der Waals surface area contributed by atoms with Crippen LogP contribution >= 0.6 is 0 Å². The maximum atomic E-state index is 6.33. The lowest BCUT2D eigenvalue weighted by Crippen LogP contribution is -2.02. The molecule has 1 heterocycles. The van der Waals surface area contributed by atoms with Crippen molar-refractivity contribution in [3.8, 4) is 28.2 Å². The van der Waals surface area contributed by atoms with E-state index in [0.717, 1.165) is 28.2 Å². The Balaban J connectivity index is 2.02. The van der Waals surface area contributed by atoms with Gasteiger partial charge < -0.3 is 5.73 Å². The molecule has 3 heteroatoms. The maximum absolute atomic E-state index is 6.33. The highest BCUT2D eigenvalue weighted by molar-refractivity contribution is 5.82. The Labute approximate surface area is 147 Å². The van der Waals surface area contributed by atoms with E-state index in [-0.39, 0.29) is 0 Å². The predicted molar refractivity (Wildman–Crippen MR) is 104 cm³/mol. The molecule has 0 atom stereocenters. The highest BCUT2D eigenvalue weighted by Crippen LogP contribution is 2.36. The molecule has 2 N–H and O–H groups in total. The van der Waals surface area contributed by atoms with Gasteiger partial charge in [-0.25, -0.2) is 4.98 Å². The van der Waals surface area contributed by atoms with Gasteiger partial charge in [0.15, 0.2) is 0 Å². The molecular formula is C22H19N3. The number of nitrogen functional groups attached to an aromatic ring is 1. The molecule has 0 saturated heterocycles. The van der Waals surface area contributed by atoms with Crippen molar-refractivity contribution in [3.05, 3.63) is 90.5 Å². The standard InChI is InChI=1S/C22H19N3/c1-16-12-14-18(15-13-16)21-20(17-8-4-2-5-9-17)24-22(23)25(21)19-10-6-3-7-11-19/h2-15H,1H3,(H2,23,24). The molecule has 4 aromatic rings. The minimum absolute atomic E-state index is 0.487. The first-order chi connectivity index (χ1) is 12.2. The summed E-state index contributed by atoms with van der Waals surface area (Å²) in [5.74, 6) is 0.487. The summed E-state index contributed by atoms with van der Waals surface area (Å²) >= 11 is 0. The number of anilines is 1. The molecule has 3 aromatic carbocycles. The topological polar surface area (TPSA) is 43.8 Å². The number of nitrogens with two attached hydrogens (primary N) is 1. The van der Waals surface area contributed by atoms with Crippen LogP contribution < -0.4 is 5.73 Å². The third-order valence-electron chi connectivity index (χ3n) is 4.29. The fourth-order valence-corrected chi connectivity index (χ4v) is 3.05. The molecule has 0 spiro atoms. The van der Waals surface area contributed by atoms with E-state index in [0.29, 0.717) is 5.95 Å². The van der Waals surface area contributed by atoms with Gasteiger partial charge in [-0.1, -0.05) is 78.4 Å². The van der Waals surface area contributed by atoms with E-state index in [2.05, 4.69) is 43.3 Å². The van der Waals surface area contributed by atoms with Crippen molar-refractivity contribution in [2.45, 2.75) is 6.92 Å². The molecule has 0 aliphatic rings. The minimum Gasteiger partial charge on any atom is -0.369 e. The Hall–Kier alpha value is -3.33. The number of benzene rings is 3. The molecule has 0 radical (unpaired) electrons. The summed E-state index contributed by atoms with van der Waals surface area (Å²) in [5, 5.41) is 0. The lowest BCUT2D eigenvalue weighted by Gasteiger charge is -2.12. The van der Waals surface area contributed by atoms with Crippen LogP contribution in [0, 0.1) is 6.92 Å². The zero-order valence-electron chi connectivity index (χ0n) is 14.1. The number of hydrogen-bond donors (Lipinski definition) is 1. The Bertz CT molecular complexity index is 985. The number of imidazole rings is 1. The molecule has 0 aliphatic heterocycles. The summed E-state index contributed by atoms with van der Waals surface area (Å²) in [6, 6.07) is 28.8. The molecule has 25 heavy (non-hydrogen) atoms. The molecule has 0 saturated carbocycles. The van der Waals surface area contributed by atoms with Gasteiger partial charge in [0.05, 0.1) is 11.4 Å². The van der Waals surface area contributed by atoms with Crippen LogP contribution in [-0.4, -0.2) is 9.55 Å². The lowest BCUT2D eigenvalue weighted by atomic mass is 10.0. The van der Waals surface area contributed by atoms with Crippen molar-refractivity contribution in [2.75, 3.05) is 5.73 Å². The van der Waals surface area contributed by atoms with Gasteiger partial charge in [-0.05, 0) is 19.1 Å². The van der Waals surface area contributed by atoms with Crippen molar-refractivity contribution in [2.24, 2.45) is 0 Å². The monoisotopic (exact) mass is 325 g/mol. The molecule has 1 aromatic heterocycles. The summed E-state index contributed by atoms with van der Waals surface area (Å²) in [6.45, 7) is 2.09. The molecule has 0 bridgehead atoms. The van der Waals surface area contributed by atoms with Crippen LogP contribution in [0.4, 0.5) is 5.95 Å². The fourth-order valence-electron chi connectivity index (χ4n) is 3.05. The fraction of sp³-hybridized carbons (Fsp3) is 0.0455. The SMILES string of the molecule is Cc1ccc(-c2c(-c3ccccc3)nc(N)n2-c2ccccc2)cc1. The molecule has 0 unspecified atom stereocenters. The summed E-state index contributed by atoms with van der Waals surface area (Å²) in [5.41, 5.74) is 12.6. The third-order valence-corrected chi connectivity index (χ3v) is 4.29. The van der Waals surface area contributed by atoms with E-state index in [9.17, 15) is 0 Å². The molecular weight excluding hydrogens is 306 g/mol. The average Bonchev–Trinajstić information content (AvgIpc) is 3.01. The first-order valence-electron chi connectivity index (χ1n) is 8.30. The number of rotatable bonds is 3. The largest absolute Gasteiger partial charge is 0.369 e. The summed E-state index contributed by atoms with van der Waals surface area (Å²) in [6.07, 6.45) is 0. The lowest BCUT2D eigenvalue weighted by molar-refractivity contribution is 1.08. The van der Waals surface area contributed by atoms with E-state index < -0.39 is 0 Å². The van der Waals surface area contributed by atoms with Crippen LogP contribution in [0.25, 0.3) is 28.2 Å². The molecule has 0 aliphatic carbocycles. The van der Waals surface area contributed by atoms with Gasteiger partial charge in [0, 0.05) is 16.8 Å². The Kier molecular flexibility index (Phi) is 3.82. The smallest absolute Gasteiger partial charge is 0.205 e. The third kappa shape index (κ3) is 2.81. The van der Waals surface area contributed by atoms with Crippen LogP contribution in [0.5, 0.6) is 0 Å². The minimum atomic E-state index is 0.487. The highest BCUT2D eigenvalue weighted by Gasteiger charge is 2.19. The number of aryl methyl sites for hydroxylation is 1. The van der Waals surface area contributed by atoms with Gasteiger partial charge in [0.1, 0.15) is 0 Å². The normalized spacial score (nSPS) is 10.8. The second kappa shape index (κ2) is 6.29. The van der Waals surface area contributed by atoms with E-state index in [1.807, 2.05) is 53.1 Å². The van der Waals surface area contributed by atoms with Gasteiger partial charge in [-0.15, -0.1) is 0 Å². The zero-order valence-corrected chi connectivity index (χ0v) is 14.1. The highest BCUT2D eigenvalue weighted by atomic mass is 15.2. The van der Waals surface area contributed by atoms with Crippen molar-refractivity contribution < 1.29 is 0 Å². The molecule has 3 nitrogen and oxygen atoms in total. The van der Waals surface area contributed by atoms with Gasteiger partial charge in [0.2, 0.25) is 5.95 Å². The van der Waals surface area contributed by atoms with E-state index >= 15 is 0 Å². The van der Waals surface area contributed by atoms with Gasteiger partial charge >= 0.3 is 0 Å². The van der Waals surface area contributed by atoms with Gasteiger partial charge in [0.25, 0.3) is 0 Å². The van der Waals surface area contributed by atoms with E-state index in [1.165, 1.54) is 5.56 Å². The molecule has 0 fully saturated rings. The van der Waals surface area contributed by atoms with Crippen LogP contribution in [-0.2, 0) is 0 Å². The molecule has 122 valence electrons. The van der Waals surface area contributed by atoms with E-state index in [4.69, 9.17) is 10.7 Å². The van der Waals surface area contributed by atoms with Crippen LogP contribution in [0.2, 0.25) is 0 Å². The summed E-state index contributed by atoms with van der Waals surface area (Å²) < 4.78 is 2.02. The number of aromatic nitrogens is 2. The number of para-hydroxylation sites is 1. The van der Waals surface area contributed by atoms with Gasteiger partial charge in [-0.2, -0.15) is 0 Å². The molecule has 0 amide bonds. The van der Waals surface area contributed by atoms with Crippen LogP contribution in [0.3, 0.4) is 0 Å².